The number of nitro groups is 1. The Kier molecular flexibility index (Phi) is 5.64. The lowest BCUT2D eigenvalue weighted by atomic mass is 10.1. The van der Waals surface area contributed by atoms with E-state index >= 15 is 0 Å². The fourth-order valence-electron chi connectivity index (χ4n) is 2.02. The summed E-state index contributed by atoms with van der Waals surface area (Å²) in [6.45, 7) is 6.55. The van der Waals surface area contributed by atoms with E-state index in [4.69, 9.17) is 4.74 Å². The molecule has 0 amide bonds. The first-order valence-corrected chi connectivity index (χ1v) is 6.43. The number of carbonyl (C=O) groups excluding carboxylic acids is 1. The van der Waals surface area contributed by atoms with Gasteiger partial charge in [-0.3, -0.25) is 14.9 Å². The maximum atomic E-state index is 11.8. The molecule has 1 aromatic rings. The Balaban J connectivity index is 3.26. The van der Waals surface area contributed by atoms with Crippen molar-refractivity contribution < 1.29 is 14.5 Å². The van der Waals surface area contributed by atoms with Gasteiger partial charge in [-0.25, -0.2) is 0 Å². The van der Waals surface area contributed by atoms with Crippen LogP contribution in [0.25, 0.3) is 0 Å². The molecule has 6 heteroatoms. The zero-order valence-corrected chi connectivity index (χ0v) is 12.3. The normalized spacial score (nSPS) is 10.7. The number of nitrogens with zero attached hydrogens (tertiary/aromatic N) is 2. The Bertz CT molecular complexity index is 500. The first-order chi connectivity index (χ1) is 9.38. The van der Waals surface area contributed by atoms with Crippen molar-refractivity contribution in [2.45, 2.75) is 26.8 Å². The summed E-state index contributed by atoms with van der Waals surface area (Å²) in [5, 5.41) is 10.8. The summed E-state index contributed by atoms with van der Waals surface area (Å²) >= 11 is 0. The monoisotopic (exact) mass is 280 g/mol. The molecule has 0 atom stereocenters. The van der Waals surface area contributed by atoms with E-state index in [1.807, 2.05) is 18.7 Å². The number of hydrogen-bond acceptors (Lipinski definition) is 5. The fourth-order valence-corrected chi connectivity index (χ4v) is 2.02. The molecule has 0 aliphatic rings. The molecule has 0 saturated carbocycles. The van der Waals surface area contributed by atoms with Crippen molar-refractivity contribution in [3.8, 4) is 0 Å². The van der Waals surface area contributed by atoms with Crippen molar-refractivity contribution >= 4 is 17.2 Å². The van der Waals surface area contributed by atoms with E-state index in [0.717, 1.165) is 0 Å². The van der Waals surface area contributed by atoms with Crippen LogP contribution in [-0.2, 0) is 4.74 Å². The van der Waals surface area contributed by atoms with Crippen LogP contribution in [0, 0.1) is 10.1 Å². The molecule has 110 valence electrons. The van der Waals surface area contributed by atoms with Gasteiger partial charge in [-0.05, 0) is 26.8 Å². The molecule has 0 saturated heterocycles. The lowest BCUT2D eigenvalue weighted by Gasteiger charge is -2.30. The molecule has 0 unspecified atom stereocenters. The molecule has 6 nitrogen and oxygen atoms in total. The summed E-state index contributed by atoms with van der Waals surface area (Å²) in [4.78, 5) is 24.1. The number of rotatable bonds is 7. The summed E-state index contributed by atoms with van der Waals surface area (Å²) in [5.41, 5.74) is 0.994. The van der Waals surface area contributed by atoms with Gasteiger partial charge in [0.15, 0.2) is 5.78 Å². The molecule has 0 aliphatic heterocycles. The SMILES string of the molecule is COCCN(c1ccc([N+](=O)[O-])cc1C(C)=O)C(C)C. The Morgan fingerprint density at radius 1 is 1.45 bits per heavy atom. The van der Waals surface area contributed by atoms with Crippen LogP contribution < -0.4 is 4.90 Å². The minimum atomic E-state index is -0.495. The third-order valence-corrected chi connectivity index (χ3v) is 3.04. The number of non-ortho nitro benzene ring substituents is 1. The van der Waals surface area contributed by atoms with Crippen LogP contribution in [0.15, 0.2) is 18.2 Å². The van der Waals surface area contributed by atoms with Crippen molar-refractivity contribution in [2.24, 2.45) is 0 Å². The molecule has 1 rings (SSSR count). The van der Waals surface area contributed by atoms with Crippen LogP contribution in [0.3, 0.4) is 0 Å². The van der Waals surface area contributed by atoms with Crippen LogP contribution in [0.4, 0.5) is 11.4 Å². The molecular formula is C14H20N2O4. The average molecular weight is 280 g/mol. The van der Waals surface area contributed by atoms with Gasteiger partial charge in [-0.1, -0.05) is 0 Å². The van der Waals surface area contributed by atoms with Crippen molar-refractivity contribution in [3.05, 3.63) is 33.9 Å². The number of nitro benzene ring substituents is 1. The number of carbonyl (C=O) groups is 1. The van der Waals surface area contributed by atoms with E-state index in [-0.39, 0.29) is 17.5 Å². The van der Waals surface area contributed by atoms with Gasteiger partial charge in [-0.15, -0.1) is 0 Å². The molecule has 20 heavy (non-hydrogen) atoms. The van der Waals surface area contributed by atoms with E-state index in [2.05, 4.69) is 0 Å². The van der Waals surface area contributed by atoms with Crippen LogP contribution >= 0.6 is 0 Å². The molecule has 0 heterocycles. The molecule has 0 bridgehead atoms. The van der Waals surface area contributed by atoms with Crippen molar-refractivity contribution in [1.29, 1.82) is 0 Å². The van der Waals surface area contributed by atoms with Gasteiger partial charge in [0.2, 0.25) is 0 Å². The maximum Gasteiger partial charge on any atom is 0.270 e. The largest absolute Gasteiger partial charge is 0.383 e. The van der Waals surface area contributed by atoms with E-state index in [1.54, 1.807) is 13.2 Å². The predicted molar refractivity (Wildman–Crippen MR) is 77.5 cm³/mol. The number of anilines is 1. The number of benzene rings is 1. The van der Waals surface area contributed by atoms with Gasteiger partial charge in [0.1, 0.15) is 0 Å². The van der Waals surface area contributed by atoms with Crippen LogP contribution in [0.2, 0.25) is 0 Å². The van der Waals surface area contributed by atoms with Gasteiger partial charge in [0, 0.05) is 43.1 Å². The van der Waals surface area contributed by atoms with E-state index in [1.165, 1.54) is 19.1 Å². The van der Waals surface area contributed by atoms with Gasteiger partial charge < -0.3 is 9.64 Å². The predicted octanol–water partition coefficient (Wildman–Crippen LogP) is 2.66. The topological polar surface area (TPSA) is 72.7 Å². The molecule has 0 aliphatic carbocycles. The minimum absolute atomic E-state index is 0.0746. The van der Waals surface area contributed by atoms with Crippen molar-refractivity contribution in [3.63, 3.8) is 0 Å². The number of hydrogen-bond donors (Lipinski definition) is 0. The highest BCUT2D eigenvalue weighted by Gasteiger charge is 2.19. The molecule has 0 radical (unpaired) electrons. The second kappa shape index (κ2) is 7.00. The third-order valence-electron chi connectivity index (χ3n) is 3.04. The second-order valence-corrected chi connectivity index (χ2v) is 4.79. The number of methoxy groups -OCH3 is 1. The molecular weight excluding hydrogens is 260 g/mol. The number of Topliss-reactive ketones (excluding diaryl/α,β-unsaturated/α-hetero) is 1. The fraction of sp³-hybridized carbons (Fsp3) is 0.500. The highest BCUT2D eigenvalue weighted by molar-refractivity contribution is 6.00. The first kappa shape index (κ1) is 16.1. The lowest BCUT2D eigenvalue weighted by Crippen LogP contribution is -2.34. The second-order valence-electron chi connectivity index (χ2n) is 4.79. The summed E-state index contributed by atoms with van der Waals surface area (Å²) in [7, 11) is 1.61. The summed E-state index contributed by atoms with van der Waals surface area (Å²) in [6, 6.07) is 4.54. The smallest absolute Gasteiger partial charge is 0.270 e. The van der Waals surface area contributed by atoms with Gasteiger partial charge in [-0.2, -0.15) is 0 Å². The summed E-state index contributed by atoms with van der Waals surface area (Å²) < 4.78 is 5.07. The van der Waals surface area contributed by atoms with Gasteiger partial charge in [0.05, 0.1) is 11.5 Å². The van der Waals surface area contributed by atoms with Crippen LogP contribution in [0.1, 0.15) is 31.1 Å². The highest BCUT2D eigenvalue weighted by atomic mass is 16.6. The molecule has 0 fully saturated rings. The minimum Gasteiger partial charge on any atom is -0.383 e. The Labute approximate surface area is 118 Å². The maximum absolute atomic E-state index is 11.8. The van der Waals surface area contributed by atoms with Gasteiger partial charge >= 0.3 is 0 Å². The average Bonchev–Trinajstić information content (AvgIpc) is 2.38. The van der Waals surface area contributed by atoms with Crippen LogP contribution in [0.5, 0.6) is 0 Å². The van der Waals surface area contributed by atoms with Gasteiger partial charge in [0.25, 0.3) is 5.69 Å². The lowest BCUT2D eigenvalue weighted by molar-refractivity contribution is -0.384. The Hall–Kier alpha value is -1.95. The van der Waals surface area contributed by atoms with Crippen molar-refractivity contribution in [2.75, 3.05) is 25.2 Å². The molecule has 0 N–H and O–H groups in total. The molecule has 1 aromatic carbocycles. The molecule has 0 aromatic heterocycles. The van der Waals surface area contributed by atoms with E-state index < -0.39 is 4.92 Å². The zero-order chi connectivity index (χ0) is 15.3. The quantitative estimate of drug-likeness (QED) is 0.436. The third kappa shape index (κ3) is 3.77. The Morgan fingerprint density at radius 2 is 2.10 bits per heavy atom. The van der Waals surface area contributed by atoms with Crippen LogP contribution in [-0.4, -0.2) is 37.0 Å². The first-order valence-electron chi connectivity index (χ1n) is 6.43. The standard InChI is InChI=1S/C14H20N2O4/c1-10(2)15(7-8-20-4)14-6-5-12(16(18)19)9-13(14)11(3)17/h5-6,9-10H,7-8H2,1-4H3. The Morgan fingerprint density at radius 3 is 2.55 bits per heavy atom. The summed E-state index contributed by atoms with van der Waals surface area (Å²) in [5.74, 6) is -0.188. The molecule has 0 spiro atoms. The highest BCUT2D eigenvalue weighted by Crippen LogP contribution is 2.27. The zero-order valence-electron chi connectivity index (χ0n) is 12.3. The van der Waals surface area contributed by atoms with E-state index in [0.29, 0.717) is 24.4 Å². The number of ketones is 1. The summed E-state index contributed by atoms with van der Waals surface area (Å²) in [6.07, 6.45) is 0. The van der Waals surface area contributed by atoms with Crippen molar-refractivity contribution in [1.82, 2.24) is 0 Å². The van der Waals surface area contributed by atoms with E-state index in [9.17, 15) is 14.9 Å². The number of ether oxygens (including phenoxy) is 1.